The topological polar surface area (TPSA) is 119 Å². The number of amides is 1. The lowest BCUT2D eigenvalue weighted by molar-refractivity contribution is -0.384. The number of halogens is 1. The molecule has 0 saturated carbocycles. The van der Waals surface area contributed by atoms with Gasteiger partial charge in [-0.25, -0.2) is 8.42 Å². The van der Waals surface area contributed by atoms with Crippen LogP contribution < -0.4 is 14.4 Å². The average Bonchev–Trinajstić information content (AvgIpc) is 2.61. The molecule has 0 spiro atoms. The lowest BCUT2D eigenvalue weighted by Crippen LogP contribution is -2.48. The molecule has 11 heteroatoms. The monoisotopic (exact) mass is 425 g/mol. The van der Waals surface area contributed by atoms with Crippen LogP contribution in [-0.4, -0.2) is 38.2 Å². The molecule has 2 aromatic rings. The van der Waals surface area contributed by atoms with Gasteiger partial charge in [0.15, 0.2) is 6.10 Å². The molecule has 9 nitrogen and oxygen atoms in total. The number of non-ortho nitro benzene ring substituents is 1. The number of hydrogen-bond acceptors (Lipinski definition) is 6. The van der Waals surface area contributed by atoms with Crippen LogP contribution in [0.1, 0.15) is 5.56 Å². The largest absolute Gasteiger partial charge is 0.476 e. The predicted molar refractivity (Wildman–Crippen MR) is 105 cm³/mol. The first-order valence-corrected chi connectivity index (χ1v) is 10.3. The number of fused-ring (bicyclic) bond motifs is 1. The molecule has 1 amide bonds. The number of benzene rings is 2. The second-order valence-electron chi connectivity index (χ2n) is 6.28. The van der Waals surface area contributed by atoms with Gasteiger partial charge in [-0.2, -0.15) is 0 Å². The van der Waals surface area contributed by atoms with Gasteiger partial charge in [0.1, 0.15) is 5.75 Å². The first-order chi connectivity index (χ1) is 13.1. The Labute approximate surface area is 166 Å². The standard InChI is InChI=1S/C17H16ClN3O6S/c1-10-3-6-15-14(7-10)20(28(2,25)26)9-16(27-15)17(22)19-13-8-11(21(23)24)4-5-12(13)18/h3-8,16H,9H2,1-2H3,(H,19,22). The highest BCUT2D eigenvalue weighted by Gasteiger charge is 2.35. The van der Waals surface area contributed by atoms with Crippen molar-refractivity contribution < 1.29 is 22.9 Å². The number of nitro groups is 1. The van der Waals surface area contributed by atoms with Crippen molar-refractivity contribution in [3.63, 3.8) is 0 Å². The minimum atomic E-state index is -3.66. The highest BCUT2D eigenvalue weighted by atomic mass is 35.5. The third-order valence-corrected chi connectivity index (χ3v) is 5.57. The number of aryl methyl sites for hydroxylation is 1. The number of nitrogens with zero attached hydrogens (tertiary/aromatic N) is 2. The Kier molecular flexibility index (Phi) is 5.18. The Morgan fingerprint density at radius 3 is 2.68 bits per heavy atom. The van der Waals surface area contributed by atoms with E-state index in [0.717, 1.165) is 22.2 Å². The van der Waals surface area contributed by atoms with Crippen LogP contribution in [0.2, 0.25) is 5.02 Å². The Morgan fingerprint density at radius 1 is 1.32 bits per heavy atom. The first-order valence-electron chi connectivity index (χ1n) is 8.06. The SMILES string of the molecule is Cc1ccc2c(c1)N(S(C)(=O)=O)CC(C(=O)Nc1cc([N+](=O)[O-])ccc1Cl)O2. The number of carbonyl (C=O) groups excluding carboxylic acids is 1. The van der Waals surface area contributed by atoms with Crippen molar-refractivity contribution in [2.24, 2.45) is 0 Å². The van der Waals surface area contributed by atoms with Gasteiger partial charge in [0.05, 0.1) is 34.1 Å². The minimum Gasteiger partial charge on any atom is -0.476 e. The molecule has 0 fully saturated rings. The molecule has 3 rings (SSSR count). The van der Waals surface area contributed by atoms with Crippen molar-refractivity contribution in [3.05, 3.63) is 57.1 Å². The van der Waals surface area contributed by atoms with Gasteiger partial charge in [0, 0.05) is 12.1 Å². The summed E-state index contributed by atoms with van der Waals surface area (Å²) in [5.74, 6) is -0.435. The zero-order chi connectivity index (χ0) is 20.6. The van der Waals surface area contributed by atoms with Crippen LogP contribution in [0.3, 0.4) is 0 Å². The van der Waals surface area contributed by atoms with E-state index in [1.807, 2.05) is 6.92 Å². The first kappa shape index (κ1) is 19.9. The van der Waals surface area contributed by atoms with E-state index in [9.17, 15) is 23.3 Å². The number of hydrogen-bond donors (Lipinski definition) is 1. The smallest absolute Gasteiger partial charge is 0.271 e. The maximum atomic E-state index is 12.7. The van der Waals surface area contributed by atoms with Crippen molar-refractivity contribution in [2.75, 3.05) is 22.4 Å². The van der Waals surface area contributed by atoms with Crippen LogP contribution in [-0.2, 0) is 14.8 Å². The molecule has 0 radical (unpaired) electrons. The van der Waals surface area contributed by atoms with Crippen molar-refractivity contribution >= 4 is 44.6 Å². The fourth-order valence-corrected chi connectivity index (χ4v) is 3.82. The van der Waals surface area contributed by atoms with E-state index in [1.54, 1.807) is 18.2 Å². The number of nitrogens with one attached hydrogen (secondary N) is 1. The molecule has 1 heterocycles. The molecular formula is C17H16ClN3O6S. The summed E-state index contributed by atoms with van der Waals surface area (Å²) in [6, 6.07) is 8.59. The summed E-state index contributed by atoms with van der Waals surface area (Å²) in [7, 11) is -3.66. The van der Waals surface area contributed by atoms with E-state index < -0.39 is 27.0 Å². The van der Waals surface area contributed by atoms with E-state index in [1.165, 1.54) is 12.1 Å². The van der Waals surface area contributed by atoms with Gasteiger partial charge >= 0.3 is 0 Å². The van der Waals surface area contributed by atoms with Crippen LogP contribution in [0, 0.1) is 17.0 Å². The molecular weight excluding hydrogens is 410 g/mol. The van der Waals surface area contributed by atoms with Crippen LogP contribution >= 0.6 is 11.6 Å². The van der Waals surface area contributed by atoms with Gasteiger partial charge in [-0.05, 0) is 30.7 Å². The molecule has 1 aliphatic heterocycles. The number of anilines is 2. The molecule has 0 saturated heterocycles. The Hall–Kier alpha value is -2.85. The number of rotatable bonds is 4. The summed E-state index contributed by atoms with van der Waals surface area (Å²) in [6.07, 6.45) is -0.128. The zero-order valence-electron chi connectivity index (χ0n) is 14.9. The van der Waals surface area contributed by atoms with Gasteiger partial charge in [-0.3, -0.25) is 19.2 Å². The third-order valence-electron chi connectivity index (χ3n) is 4.10. The molecule has 1 atom stereocenters. The maximum absolute atomic E-state index is 12.7. The second-order valence-corrected chi connectivity index (χ2v) is 8.60. The summed E-state index contributed by atoms with van der Waals surface area (Å²) >= 11 is 6.00. The molecule has 0 aliphatic carbocycles. The van der Waals surface area contributed by atoms with Crippen molar-refractivity contribution in [3.8, 4) is 5.75 Å². The number of nitro benzene ring substituents is 1. The molecule has 1 N–H and O–H groups in total. The number of sulfonamides is 1. The third kappa shape index (κ3) is 4.02. The summed E-state index contributed by atoms with van der Waals surface area (Å²) in [6.45, 7) is 1.57. The zero-order valence-corrected chi connectivity index (χ0v) is 16.5. The maximum Gasteiger partial charge on any atom is 0.271 e. The van der Waals surface area contributed by atoms with Crippen LogP contribution in [0.15, 0.2) is 36.4 Å². The Bertz CT molecular complexity index is 1070. The van der Waals surface area contributed by atoms with Gasteiger partial charge in [0.25, 0.3) is 11.6 Å². The van der Waals surface area contributed by atoms with E-state index in [2.05, 4.69) is 5.32 Å². The van der Waals surface area contributed by atoms with Crippen LogP contribution in [0.25, 0.3) is 0 Å². The fraction of sp³-hybridized carbons (Fsp3) is 0.235. The molecule has 28 heavy (non-hydrogen) atoms. The summed E-state index contributed by atoms with van der Waals surface area (Å²) < 4.78 is 31.2. The number of ether oxygens (including phenoxy) is 1. The van der Waals surface area contributed by atoms with Crippen molar-refractivity contribution in [2.45, 2.75) is 13.0 Å². The minimum absolute atomic E-state index is 0.0325. The number of carbonyl (C=O) groups is 1. The predicted octanol–water partition coefficient (Wildman–Crippen LogP) is 2.72. The second kappa shape index (κ2) is 7.28. The van der Waals surface area contributed by atoms with E-state index in [-0.39, 0.29) is 28.7 Å². The van der Waals surface area contributed by atoms with Gasteiger partial charge in [-0.1, -0.05) is 17.7 Å². The lowest BCUT2D eigenvalue weighted by Gasteiger charge is -2.34. The molecule has 0 aromatic heterocycles. The van der Waals surface area contributed by atoms with E-state index in [0.29, 0.717) is 5.69 Å². The van der Waals surface area contributed by atoms with Gasteiger partial charge in [-0.15, -0.1) is 0 Å². The molecule has 148 valence electrons. The fourth-order valence-electron chi connectivity index (χ4n) is 2.75. The normalized spacial score (nSPS) is 16.1. The molecule has 2 aromatic carbocycles. The lowest BCUT2D eigenvalue weighted by atomic mass is 10.1. The Balaban J connectivity index is 1.90. The van der Waals surface area contributed by atoms with Crippen LogP contribution in [0.4, 0.5) is 17.1 Å². The summed E-state index contributed by atoms with van der Waals surface area (Å²) in [4.78, 5) is 23.0. The average molecular weight is 426 g/mol. The van der Waals surface area contributed by atoms with Crippen molar-refractivity contribution in [1.29, 1.82) is 0 Å². The molecule has 0 bridgehead atoms. The van der Waals surface area contributed by atoms with E-state index >= 15 is 0 Å². The van der Waals surface area contributed by atoms with Gasteiger partial charge in [0.2, 0.25) is 10.0 Å². The van der Waals surface area contributed by atoms with Crippen LogP contribution in [0.5, 0.6) is 5.75 Å². The van der Waals surface area contributed by atoms with Crippen molar-refractivity contribution in [1.82, 2.24) is 0 Å². The molecule has 1 aliphatic rings. The highest BCUT2D eigenvalue weighted by Crippen LogP contribution is 2.36. The Morgan fingerprint density at radius 2 is 2.04 bits per heavy atom. The highest BCUT2D eigenvalue weighted by molar-refractivity contribution is 7.92. The summed E-state index contributed by atoms with van der Waals surface area (Å²) in [5.41, 5.74) is 0.968. The summed E-state index contributed by atoms with van der Waals surface area (Å²) in [5, 5.41) is 13.5. The van der Waals surface area contributed by atoms with E-state index in [4.69, 9.17) is 16.3 Å². The molecule has 1 unspecified atom stereocenters. The quantitative estimate of drug-likeness (QED) is 0.594. The van der Waals surface area contributed by atoms with Gasteiger partial charge < -0.3 is 10.1 Å².